The number of rotatable bonds is 7. The Morgan fingerprint density at radius 2 is 1.85 bits per heavy atom. The third kappa shape index (κ3) is 5.30. The number of carbonyl (C=O) groups is 2. The number of hydrogen-bond donors (Lipinski definition) is 1. The summed E-state index contributed by atoms with van der Waals surface area (Å²) in [6.07, 6.45) is -0.654. The first-order valence-electron chi connectivity index (χ1n) is 10.3. The fraction of sp³-hybridized carbons (Fsp3) is 0.200. The van der Waals surface area contributed by atoms with Gasteiger partial charge in [0, 0.05) is 16.7 Å². The van der Waals surface area contributed by atoms with Crippen LogP contribution in [0.2, 0.25) is 0 Å². The summed E-state index contributed by atoms with van der Waals surface area (Å²) in [7, 11) is 1.45. The Morgan fingerprint density at radius 1 is 1.09 bits per heavy atom. The molecule has 0 spiro atoms. The van der Waals surface area contributed by atoms with Crippen molar-refractivity contribution in [3.05, 3.63) is 94.8 Å². The van der Waals surface area contributed by atoms with Crippen LogP contribution < -0.4 is 14.8 Å². The topological polar surface area (TPSA) is 83.1 Å². The van der Waals surface area contributed by atoms with E-state index < -0.39 is 24.0 Å². The highest BCUT2D eigenvalue weighted by molar-refractivity contribution is 5.98. The lowest BCUT2D eigenvalue weighted by atomic mass is 10.1. The first kappa shape index (κ1) is 22.3. The number of methoxy groups -OCH3 is 1. The Balaban J connectivity index is 1.39. The first-order chi connectivity index (χ1) is 16.0. The van der Waals surface area contributed by atoms with E-state index in [1.807, 2.05) is 30.3 Å². The summed E-state index contributed by atoms with van der Waals surface area (Å²) in [5, 5.41) is 2.49. The summed E-state index contributed by atoms with van der Waals surface area (Å²) in [4.78, 5) is 24.5. The van der Waals surface area contributed by atoms with Gasteiger partial charge in [0.1, 0.15) is 30.5 Å². The van der Waals surface area contributed by atoms with Gasteiger partial charge in [-0.3, -0.25) is 9.59 Å². The quantitative estimate of drug-likeness (QED) is 0.549. The van der Waals surface area contributed by atoms with Crippen molar-refractivity contribution in [2.24, 2.45) is 0 Å². The molecule has 33 heavy (non-hydrogen) atoms. The molecule has 0 bridgehead atoms. The second-order valence-electron chi connectivity index (χ2n) is 7.27. The number of nitrogens with one attached hydrogen (secondary N) is 1. The summed E-state index contributed by atoms with van der Waals surface area (Å²) in [6.45, 7) is -0.418. The van der Waals surface area contributed by atoms with Gasteiger partial charge in [-0.2, -0.15) is 0 Å². The Labute approximate surface area is 190 Å². The van der Waals surface area contributed by atoms with Crippen molar-refractivity contribution in [2.75, 3.05) is 13.7 Å². The van der Waals surface area contributed by atoms with Crippen LogP contribution in [-0.2, 0) is 27.5 Å². The molecule has 3 aromatic rings. The van der Waals surface area contributed by atoms with Crippen LogP contribution in [0.4, 0.5) is 4.39 Å². The first-order valence-corrected chi connectivity index (χ1v) is 10.3. The van der Waals surface area contributed by atoms with E-state index in [2.05, 4.69) is 5.32 Å². The molecule has 8 heteroatoms. The normalized spacial score (nSPS) is 14.5. The zero-order valence-electron chi connectivity index (χ0n) is 17.9. The Hall–Kier alpha value is -3.91. The molecule has 1 atom stereocenters. The van der Waals surface area contributed by atoms with Crippen LogP contribution in [0, 0.1) is 5.82 Å². The molecule has 0 saturated carbocycles. The summed E-state index contributed by atoms with van der Waals surface area (Å²) < 4.78 is 36.2. The van der Waals surface area contributed by atoms with Crippen LogP contribution in [0.25, 0.3) is 0 Å². The minimum absolute atomic E-state index is 0.155. The molecule has 1 N–H and O–H groups in total. The monoisotopic (exact) mass is 451 g/mol. The van der Waals surface area contributed by atoms with E-state index in [1.165, 1.54) is 19.2 Å². The van der Waals surface area contributed by atoms with Gasteiger partial charge in [-0.05, 0) is 24.3 Å². The van der Waals surface area contributed by atoms with E-state index >= 15 is 0 Å². The molecule has 1 amide bonds. The van der Waals surface area contributed by atoms with Gasteiger partial charge in [0.05, 0.1) is 19.3 Å². The van der Waals surface area contributed by atoms with Crippen molar-refractivity contribution in [3.8, 4) is 11.5 Å². The van der Waals surface area contributed by atoms with Crippen molar-refractivity contribution >= 4 is 11.9 Å². The number of benzene rings is 3. The number of carbonyl (C=O) groups excluding carboxylic acids is 2. The van der Waals surface area contributed by atoms with Crippen molar-refractivity contribution in [1.29, 1.82) is 0 Å². The van der Waals surface area contributed by atoms with Gasteiger partial charge in [0.2, 0.25) is 6.29 Å². The lowest BCUT2D eigenvalue weighted by Gasteiger charge is -2.28. The average molecular weight is 451 g/mol. The number of halogens is 1. The van der Waals surface area contributed by atoms with Crippen molar-refractivity contribution in [3.63, 3.8) is 0 Å². The fourth-order valence-electron chi connectivity index (χ4n) is 3.45. The van der Waals surface area contributed by atoms with Gasteiger partial charge in [0.25, 0.3) is 5.91 Å². The number of hydrogen-bond acceptors (Lipinski definition) is 6. The molecule has 0 unspecified atom stereocenters. The minimum Gasteiger partial charge on any atom is -0.496 e. The highest BCUT2D eigenvalue weighted by atomic mass is 19.1. The van der Waals surface area contributed by atoms with Gasteiger partial charge < -0.3 is 24.3 Å². The van der Waals surface area contributed by atoms with E-state index in [0.717, 1.165) is 5.56 Å². The Morgan fingerprint density at radius 3 is 2.64 bits per heavy atom. The lowest BCUT2D eigenvalue weighted by molar-refractivity contribution is -0.144. The van der Waals surface area contributed by atoms with Gasteiger partial charge in [-0.15, -0.1) is 0 Å². The van der Waals surface area contributed by atoms with E-state index in [4.69, 9.17) is 18.9 Å². The van der Waals surface area contributed by atoms with Crippen molar-refractivity contribution in [1.82, 2.24) is 5.32 Å². The van der Waals surface area contributed by atoms with Crippen molar-refractivity contribution in [2.45, 2.75) is 19.5 Å². The minimum atomic E-state index is -0.678. The number of amides is 1. The van der Waals surface area contributed by atoms with Crippen LogP contribution in [0.3, 0.4) is 0 Å². The third-order valence-corrected chi connectivity index (χ3v) is 5.03. The summed E-state index contributed by atoms with van der Waals surface area (Å²) in [5.74, 6) is -0.833. The fourth-order valence-corrected chi connectivity index (χ4v) is 3.45. The molecular weight excluding hydrogens is 429 g/mol. The maximum absolute atomic E-state index is 14.1. The number of esters is 1. The number of para-hydroxylation sites is 1. The average Bonchev–Trinajstić information content (AvgIpc) is 2.86. The molecule has 1 aliphatic rings. The van der Waals surface area contributed by atoms with Gasteiger partial charge in [0.15, 0.2) is 0 Å². The lowest BCUT2D eigenvalue weighted by Crippen LogP contribution is -2.31. The molecule has 0 aromatic heterocycles. The number of fused-ring (bicyclic) bond motifs is 1. The van der Waals surface area contributed by atoms with E-state index in [-0.39, 0.29) is 19.8 Å². The highest BCUT2D eigenvalue weighted by Crippen LogP contribution is 2.36. The molecular formula is C25H22FNO6. The SMILES string of the molecule is COc1ccccc1C(=O)NCC(=O)OCc1cc(F)cc2c1O[C@@H](c1ccccc1)OC2. The predicted octanol–water partition coefficient (Wildman–Crippen LogP) is 3.92. The third-order valence-electron chi connectivity index (χ3n) is 5.03. The molecule has 0 fully saturated rings. The molecule has 4 rings (SSSR count). The summed E-state index contributed by atoms with van der Waals surface area (Å²) in [5.41, 5.74) is 2.01. The van der Waals surface area contributed by atoms with Crippen molar-refractivity contribution < 1.29 is 32.9 Å². The maximum atomic E-state index is 14.1. The van der Waals surface area contributed by atoms with E-state index in [1.54, 1.807) is 24.3 Å². The summed E-state index contributed by atoms with van der Waals surface area (Å²) in [6, 6.07) is 18.6. The predicted molar refractivity (Wildman–Crippen MR) is 116 cm³/mol. The molecule has 0 radical (unpaired) electrons. The smallest absolute Gasteiger partial charge is 0.325 e. The van der Waals surface area contributed by atoms with Crippen LogP contribution in [0.15, 0.2) is 66.7 Å². The second kappa shape index (κ2) is 10.1. The van der Waals surface area contributed by atoms with Gasteiger partial charge in [-0.25, -0.2) is 4.39 Å². The summed E-state index contributed by atoms with van der Waals surface area (Å²) >= 11 is 0. The molecule has 7 nitrogen and oxygen atoms in total. The van der Waals surface area contributed by atoms with Crippen LogP contribution >= 0.6 is 0 Å². The number of ether oxygens (including phenoxy) is 4. The molecule has 1 aliphatic heterocycles. The maximum Gasteiger partial charge on any atom is 0.325 e. The Bertz CT molecular complexity index is 1150. The zero-order valence-corrected chi connectivity index (χ0v) is 17.9. The molecule has 1 heterocycles. The molecule has 0 aliphatic carbocycles. The second-order valence-corrected chi connectivity index (χ2v) is 7.27. The Kier molecular flexibility index (Phi) is 6.85. The standard InChI is InChI=1S/C25H22FNO6/c1-30-21-10-6-5-9-20(21)24(29)27-13-22(28)31-14-17-11-19(26)12-18-15-32-25(33-23(17)18)16-7-3-2-4-8-16/h2-12,25H,13-15H2,1H3,(H,27,29)/t25-/m0/s1. The van der Waals surface area contributed by atoms with Crippen LogP contribution in [-0.4, -0.2) is 25.5 Å². The van der Waals surface area contributed by atoms with Crippen LogP contribution in [0.5, 0.6) is 11.5 Å². The molecule has 0 saturated heterocycles. The van der Waals surface area contributed by atoms with Gasteiger partial charge >= 0.3 is 5.97 Å². The van der Waals surface area contributed by atoms with Gasteiger partial charge in [-0.1, -0.05) is 42.5 Å². The molecule has 170 valence electrons. The highest BCUT2D eigenvalue weighted by Gasteiger charge is 2.25. The zero-order chi connectivity index (χ0) is 23.2. The largest absolute Gasteiger partial charge is 0.496 e. The molecule has 3 aromatic carbocycles. The van der Waals surface area contributed by atoms with E-state index in [0.29, 0.717) is 28.2 Å². The van der Waals surface area contributed by atoms with E-state index in [9.17, 15) is 14.0 Å². The van der Waals surface area contributed by atoms with Crippen LogP contribution in [0.1, 0.15) is 33.3 Å².